The molecule has 1 N–H and O–H groups in total. The monoisotopic (exact) mass is 427 g/mol. The van der Waals surface area contributed by atoms with Gasteiger partial charge in [-0.3, -0.25) is 0 Å². The number of carbonyl (C=O) groups is 1. The predicted octanol–water partition coefficient (Wildman–Crippen LogP) is 4.76. The first-order chi connectivity index (χ1) is 12.5. The summed E-state index contributed by atoms with van der Waals surface area (Å²) in [7, 11) is -0.655. The Morgan fingerprint density at radius 2 is 1.71 bits per heavy atom. The Bertz CT molecular complexity index is 682. The second-order valence-electron chi connectivity index (χ2n) is 9.94. The zero-order chi connectivity index (χ0) is 22.0. The Morgan fingerprint density at radius 1 is 1.14 bits per heavy atom. The van der Waals surface area contributed by atoms with Crippen molar-refractivity contribution in [2.24, 2.45) is 0 Å². The first-order valence-electron chi connectivity index (χ1n) is 9.56. The molecule has 160 valence electrons. The average molecular weight is 428 g/mol. The topological polar surface area (TPSA) is 70.6 Å². The maximum Gasteiger partial charge on any atom is 0.337 e. The highest BCUT2D eigenvalue weighted by atomic mass is 32.2. The van der Waals surface area contributed by atoms with Crippen LogP contribution in [-0.2, 0) is 26.1 Å². The van der Waals surface area contributed by atoms with Crippen LogP contribution in [0.3, 0.4) is 0 Å². The molecule has 2 atom stereocenters. The number of carbonyl (C=O) groups excluding carboxylic acids is 1. The number of nitrogens with one attached hydrogen (secondary N) is 1. The van der Waals surface area contributed by atoms with Crippen LogP contribution in [0.15, 0.2) is 24.3 Å². The van der Waals surface area contributed by atoms with E-state index >= 15 is 0 Å². The van der Waals surface area contributed by atoms with Crippen molar-refractivity contribution in [3.8, 4) is 0 Å². The third-order valence-electron chi connectivity index (χ3n) is 5.32. The van der Waals surface area contributed by atoms with Crippen molar-refractivity contribution in [2.45, 2.75) is 76.9 Å². The molecule has 0 saturated heterocycles. The Hall–Kier alpha value is -0.863. The van der Waals surface area contributed by atoms with Gasteiger partial charge in [-0.25, -0.2) is 4.79 Å². The van der Waals surface area contributed by atoms with E-state index in [9.17, 15) is 9.35 Å². The van der Waals surface area contributed by atoms with E-state index in [2.05, 4.69) is 38.6 Å². The van der Waals surface area contributed by atoms with Gasteiger partial charge in [-0.05, 0) is 63.5 Å². The Kier molecular flexibility index (Phi) is 7.98. The number of benzene rings is 1. The first kappa shape index (κ1) is 25.2. The van der Waals surface area contributed by atoms with Gasteiger partial charge < -0.3 is 13.7 Å². The highest BCUT2D eigenvalue weighted by molar-refractivity contribution is 7.90. The van der Waals surface area contributed by atoms with E-state index in [0.29, 0.717) is 12.2 Å². The summed E-state index contributed by atoms with van der Waals surface area (Å²) < 4.78 is 27.1. The van der Waals surface area contributed by atoms with Crippen LogP contribution in [0.25, 0.3) is 0 Å². The largest absolute Gasteiger partial charge is 0.598 e. The summed E-state index contributed by atoms with van der Waals surface area (Å²) >= 11 is -1.31. The van der Waals surface area contributed by atoms with Crippen molar-refractivity contribution in [3.63, 3.8) is 0 Å². The molecule has 0 fully saturated rings. The molecule has 0 spiro atoms. The van der Waals surface area contributed by atoms with Crippen molar-refractivity contribution >= 4 is 25.6 Å². The van der Waals surface area contributed by atoms with E-state index in [4.69, 9.17) is 9.16 Å². The highest BCUT2D eigenvalue weighted by Crippen LogP contribution is 2.38. The third-order valence-corrected chi connectivity index (χ3v) is 11.5. The van der Waals surface area contributed by atoms with Crippen molar-refractivity contribution in [1.82, 2.24) is 4.72 Å². The molecule has 1 rings (SSSR count). The summed E-state index contributed by atoms with van der Waals surface area (Å²) in [4.78, 5) is 12.0. The minimum absolute atomic E-state index is 0.0605. The lowest BCUT2D eigenvalue weighted by Gasteiger charge is -2.41. The molecule has 0 radical (unpaired) electrons. The normalized spacial score (nSPS) is 16.4. The van der Waals surface area contributed by atoms with Gasteiger partial charge in [-0.2, -0.15) is 0 Å². The molecule has 1 aromatic rings. The number of methoxy groups -OCH3 is 1. The molecule has 0 aliphatic carbocycles. The molecule has 0 aliphatic heterocycles. The Balaban J connectivity index is 3.30. The molecule has 0 amide bonds. The van der Waals surface area contributed by atoms with Crippen LogP contribution >= 0.6 is 0 Å². The van der Waals surface area contributed by atoms with E-state index in [1.54, 1.807) is 12.1 Å². The number of ether oxygens (including phenoxy) is 1. The van der Waals surface area contributed by atoms with Crippen molar-refractivity contribution in [1.29, 1.82) is 0 Å². The van der Waals surface area contributed by atoms with Crippen LogP contribution in [0.2, 0.25) is 18.1 Å². The van der Waals surface area contributed by atoms with E-state index in [0.717, 1.165) is 5.56 Å². The van der Waals surface area contributed by atoms with Crippen LogP contribution in [0.4, 0.5) is 0 Å². The second-order valence-corrected chi connectivity index (χ2v) is 16.7. The molecule has 0 aromatic heterocycles. The van der Waals surface area contributed by atoms with E-state index in [-0.39, 0.29) is 5.04 Å². The SMILES string of the molecule is COC(=O)c1cccc([C@](C)(CO[Si](C)(C)C(C)(C)C)N[S@@+]([O-])C(C)(C)C)c1. The average Bonchev–Trinajstić information content (AvgIpc) is 2.57. The minimum Gasteiger partial charge on any atom is -0.598 e. The predicted molar refractivity (Wildman–Crippen MR) is 119 cm³/mol. The molecule has 7 heteroatoms. The van der Waals surface area contributed by atoms with Gasteiger partial charge in [-0.1, -0.05) is 32.9 Å². The summed E-state index contributed by atoms with van der Waals surface area (Å²) in [5, 5.41) is 0.0605. The minimum atomic E-state index is -2.02. The lowest BCUT2D eigenvalue weighted by Crippen LogP contribution is -2.54. The summed E-state index contributed by atoms with van der Waals surface area (Å²) in [5.41, 5.74) is 0.575. The standard InChI is InChI=1S/C21H37NO4SSi/c1-19(2,3)27(24)22-21(7,15-26-28(9,10)20(4,5)6)17-13-11-12-16(14-17)18(23)25-8/h11-14,22H,15H2,1-10H3/t21-,27-/m0/s1. The summed E-state index contributed by atoms with van der Waals surface area (Å²) in [6, 6.07) is 7.24. The molecule has 1 aromatic carbocycles. The first-order valence-corrected chi connectivity index (χ1v) is 13.6. The van der Waals surface area contributed by atoms with Gasteiger partial charge in [-0.15, -0.1) is 4.72 Å². The lowest BCUT2D eigenvalue weighted by molar-refractivity contribution is 0.0600. The molecule has 0 bridgehead atoms. The molecular weight excluding hydrogens is 390 g/mol. The molecular formula is C21H37NO4SSi. The third kappa shape index (κ3) is 6.32. The number of rotatable bonds is 7. The van der Waals surface area contributed by atoms with Gasteiger partial charge in [0.2, 0.25) is 0 Å². The molecule has 0 heterocycles. The molecule has 28 heavy (non-hydrogen) atoms. The van der Waals surface area contributed by atoms with Crippen LogP contribution in [0.1, 0.15) is 64.4 Å². The van der Waals surface area contributed by atoms with Gasteiger partial charge in [0.15, 0.2) is 8.32 Å². The summed E-state index contributed by atoms with van der Waals surface area (Å²) in [6.45, 7) is 19.1. The quantitative estimate of drug-likeness (QED) is 0.386. The zero-order valence-electron chi connectivity index (χ0n) is 19.1. The smallest absolute Gasteiger partial charge is 0.337 e. The Labute approximate surface area is 175 Å². The van der Waals surface area contributed by atoms with Crippen molar-refractivity contribution in [3.05, 3.63) is 35.4 Å². The molecule has 0 saturated carbocycles. The van der Waals surface area contributed by atoms with Crippen molar-refractivity contribution in [2.75, 3.05) is 13.7 Å². The maximum absolute atomic E-state index is 12.9. The van der Waals surface area contributed by atoms with Gasteiger partial charge >= 0.3 is 5.97 Å². The summed E-state index contributed by atoms with van der Waals surface area (Å²) in [5.74, 6) is -0.397. The molecule has 0 unspecified atom stereocenters. The van der Waals surface area contributed by atoms with Crippen LogP contribution in [0, 0.1) is 0 Å². The van der Waals surface area contributed by atoms with Gasteiger partial charge in [0, 0.05) is 11.4 Å². The zero-order valence-corrected chi connectivity index (χ0v) is 20.9. The summed E-state index contributed by atoms with van der Waals surface area (Å²) in [6.07, 6.45) is 0. The van der Waals surface area contributed by atoms with Crippen molar-refractivity contribution < 1.29 is 18.5 Å². The van der Waals surface area contributed by atoms with E-state index in [1.807, 2.05) is 39.8 Å². The van der Waals surface area contributed by atoms with Crippen LogP contribution in [0.5, 0.6) is 0 Å². The van der Waals surface area contributed by atoms with E-state index < -0.39 is 35.9 Å². The van der Waals surface area contributed by atoms with E-state index in [1.165, 1.54) is 7.11 Å². The number of esters is 1. The van der Waals surface area contributed by atoms with Crippen LogP contribution in [-0.4, -0.2) is 37.3 Å². The van der Waals surface area contributed by atoms with Gasteiger partial charge in [0.1, 0.15) is 10.3 Å². The number of hydrogen-bond donors (Lipinski definition) is 1. The molecule has 0 aliphatic rings. The second kappa shape index (κ2) is 8.88. The van der Waals surface area contributed by atoms with Gasteiger partial charge in [0.25, 0.3) is 0 Å². The van der Waals surface area contributed by atoms with Gasteiger partial charge in [0.05, 0.1) is 19.3 Å². The lowest BCUT2D eigenvalue weighted by atomic mass is 9.93. The fraction of sp³-hybridized carbons (Fsp3) is 0.667. The fourth-order valence-electron chi connectivity index (χ4n) is 2.18. The molecule has 5 nitrogen and oxygen atoms in total. The Morgan fingerprint density at radius 3 is 2.18 bits per heavy atom. The highest BCUT2D eigenvalue weighted by Gasteiger charge is 2.42. The number of hydrogen-bond acceptors (Lipinski definition) is 5. The fourth-order valence-corrected chi connectivity index (χ4v) is 4.15. The maximum atomic E-state index is 12.9. The van der Waals surface area contributed by atoms with Crippen LogP contribution < -0.4 is 4.72 Å².